The maximum atomic E-state index is 14.7. The number of allylic oxidation sites excluding steroid dienone is 1. The third kappa shape index (κ3) is 1.90. The van der Waals surface area contributed by atoms with Gasteiger partial charge in [0, 0.05) is 12.3 Å². The molecule has 0 amide bonds. The van der Waals surface area contributed by atoms with Crippen molar-refractivity contribution in [2.24, 2.45) is 35.0 Å². The average Bonchev–Trinajstić information content (AvgIpc) is 2.74. The molecule has 1 N–H and O–H groups in total. The minimum Gasteiger partial charge on any atom is -0.393 e. The number of ketones is 1. The number of hydrogen-bond acceptors (Lipinski definition) is 2. The van der Waals surface area contributed by atoms with E-state index in [0.717, 1.165) is 37.7 Å². The number of aliphatic hydroxyl groups excluding tert-OH is 1. The molecule has 3 fully saturated rings. The second kappa shape index (κ2) is 4.90. The summed E-state index contributed by atoms with van der Waals surface area (Å²) in [5, 5.41) is 10.4. The number of hydrogen-bond donors (Lipinski definition) is 1. The molecule has 4 rings (SSSR count). The van der Waals surface area contributed by atoms with Crippen molar-refractivity contribution < 1.29 is 14.3 Å². The van der Waals surface area contributed by atoms with Crippen molar-refractivity contribution in [1.29, 1.82) is 0 Å². The van der Waals surface area contributed by atoms with Crippen LogP contribution in [0.5, 0.6) is 0 Å². The summed E-state index contributed by atoms with van der Waals surface area (Å²) in [5.41, 5.74) is 1.12. The Hall–Kier alpha value is -0.700. The van der Waals surface area contributed by atoms with Crippen LogP contribution in [0, 0.1) is 35.0 Å². The minimum absolute atomic E-state index is 0.0265. The monoisotopic (exact) mass is 306 g/mol. The van der Waals surface area contributed by atoms with E-state index in [-0.39, 0.29) is 29.6 Å². The first-order valence-corrected chi connectivity index (χ1v) is 8.97. The third-order valence-corrected chi connectivity index (χ3v) is 7.57. The van der Waals surface area contributed by atoms with Gasteiger partial charge in [-0.15, -0.1) is 0 Å². The van der Waals surface area contributed by atoms with E-state index in [1.165, 1.54) is 0 Å². The molecule has 0 heterocycles. The van der Waals surface area contributed by atoms with Gasteiger partial charge in [0.2, 0.25) is 0 Å². The summed E-state index contributed by atoms with van der Waals surface area (Å²) in [5.74, 6) is 1.87. The van der Waals surface area contributed by atoms with Crippen LogP contribution < -0.4 is 0 Å². The fourth-order valence-corrected chi connectivity index (χ4v) is 6.59. The molecule has 2 unspecified atom stereocenters. The lowest BCUT2D eigenvalue weighted by Gasteiger charge is -2.56. The molecule has 122 valence electrons. The summed E-state index contributed by atoms with van der Waals surface area (Å²) in [4.78, 5) is 11.7. The van der Waals surface area contributed by atoms with Gasteiger partial charge in [-0.3, -0.25) is 4.79 Å². The summed E-state index contributed by atoms with van der Waals surface area (Å²) >= 11 is 0. The van der Waals surface area contributed by atoms with Gasteiger partial charge in [0.15, 0.2) is 5.78 Å². The van der Waals surface area contributed by atoms with E-state index in [1.54, 1.807) is 6.08 Å². The molecule has 0 saturated heterocycles. The first kappa shape index (κ1) is 14.9. The lowest BCUT2D eigenvalue weighted by Crippen LogP contribution is -2.52. The predicted molar refractivity (Wildman–Crippen MR) is 82.9 cm³/mol. The summed E-state index contributed by atoms with van der Waals surface area (Å²) in [7, 11) is 0. The van der Waals surface area contributed by atoms with Gasteiger partial charge in [-0.25, -0.2) is 4.39 Å². The Morgan fingerprint density at radius 3 is 2.82 bits per heavy atom. The second-order valence-electron chi connectivity index (χ2n) is 8.60. The number of aliphatic hydroxyl groups is 1. The molecule has 0 radical (unpaired) electrons. The molecular formula is C19H27FO2. The van der Waals surface area contributed by atoms with Crippen LogP contribution >= 0.6 is 0 Å². The van der Waals surface area contributed by atoms with Crippen molar-refractivity contribution in [2.45, 2.75) is 64.6 Å². The van der Waals surface area contributed by atoms with Crippen molar-refractivity contribution in [3.63, 3.8) is 0 Å². The van der Waals surface area contributed by atoms with Gasteiger partial charge >= 0.3 is 0 Å². The number of carbonyl (C=O) groups excluding carboxylic acids is 1. The lowest BCUT2D eigenvalue weighted by molar-refractivity contribution is -0.119. The zero-order chi connectivity index (χ0) is 15.6. The molecule has 0 bridgehead atoms. The quantitative estimate of drug-likeness (QED) is 0.741. The molecular weight excluding hydrogens is 279 g/mol. The van der Waals surface area contributed by atoms with Gasteiger partial charge in [-0.1, -0.05) is 19.4 Å². The molecule has 4 aliphatic rings. The Labute approximate surface area is 132 Å². The van der Waals surface area contributed by atoms with Crippen molar-refractivity contribution in [2.75, 3.05) is 0 Å². The predicted octanol–water partition coefficient (Wildman–Crippen LogP) is 3.68. The van der Waals surface area contributed by atoms with Crippen LogP contribution in [0.2, 0.25) is 0 Å². The zero-order valence-electron chi connectivity index (χ0n) is 13.6. The Bertz CT molecular complexity index is 528. The Morgan fingerprint density at radius 1 is 1.27 bits per heavy atom. The van der Waals surface area contributed by atoms with Crippen LogP contribution in [0.4, 0.5) is 4.39 Å². The summed E-state index contributed by atoms with van der Waals surface area (Å²) in [6.45, 7) is 4.53. The Morgan fingerprint density at radius 2 is 2.05 bits per heavy atom. The van der Waals surface area contributed by atoms with E-state index in [0.29, 0.717) is 23.7 Å². The van der Waals surface area contributed by atoms with Crippen molar-refractivity contribution in [1.82, 2.24) is 0 Å². The van der Waals surface area contributed by atoms with Crippen LogP contribution in [0.15, 0.2) is 11.6 Å². The zero-order valence-corrected chi connectivity index (χ0v) is 13.6. The Kier molecular flexibility index (Phi) is 3.31. The van der Waals surface area contributed by atoms with E-state index in [2.05, 4.69) is 13.8 Å². The summed E-state index contributed by atoms with van der Waals surface area (Å²) in [6, 6.07) is 0. The molecule has 0 aromatic heterocycles. The molecule has 2 nitrogen and oxygen atoms in total. The van der Waals surface area contributed by atoms with Crippen molar-refractivity contribution in [3.8, 4) is 0 Å². The van der Waals surface area contributed by atoms with E-state index < -0.39 is 6.17 Å². The molecule has 0 aliphatic heterocycles. The molecule has 8 atom stereocenters. The number of fused-ring (bicyclic) bond motifs is 5. The highest BCUT2D eigenvalue weighted by Gasteiger charge is 2.58. The molecule has 3 saturated carbocycles. The van der Waals surface area contributed by atoms with E-state index in [4.69, 9.17) is 0 Å². The SMILES string of the molecule is CC1CC2=CC(=O)CC(F)[C@@H]2[C@H]2CC[C@]3(C)[C@@H](O)CC[C@H]3[C@H]12. The van der Waals surface area contributed by atoms with Crippen LogP contribution in [0.3, 0.4) is 0 Å². The lowest BCUT2D eigenvalue weighted by atomic mass is 9.49. The third-order valence-electron chi connectivity index (χ3n) is 7.57. The number of halogens is 1. The van der Waals surface area contributed by atoms with Crippen LogP contribution in [-0.4, -0.2) is 23.2 Å². The number of carbonyl (C=O) groups is 1. The van der Waals surface area contributed by atoms with Crippen LogP contribution in [-0.2, 0) is 4.79 Å². The molecule has 3 heteroatoms. The molecule has 4 aliphatic carbocycles. The maximum Gasteiger partial charge on any atom is 0.158 e. The number of rotatable bonds is 0. The molecule has 0 aromatic carbocycles. The summed E-state index contributed by atoms with van der Waals surface area (Å²) < 4.78 is 14.7. The van der Waals surface area contributed by atoms with E-state index in [1.807, 2.05) is 0 Å². The average molecular weight is 306 g/mol. The molecule has 0 spiro atoms. The van der Waals surface area contributed by atoms with Crippen LogP contribution in [0.1, 0.15) is 52.4 Å². The first-order chi connectivity index (χ1) is 10.4. The van der Waals surface area contributed by atoms with E-state index in [9.17, 15) is 14.3 Å². The highest BCUT2D eigenvalue weighted by molar-refractivity contribution is 5.92. The van der Waals surface area contributed by atoms with Gasteiger partial charge in [-0.2, -0.15) is 0 Å². The standard InChI is InChI=1S/C19H27FO2/c1-10-7-11-8-12(21)9-15(20)18(11)13-5-6-19(2)14(17(10)13)3-4-16(19)22/h8,10,13-18,22H,3-7,9H2,1-2H3/t10?,13-,14-,15?,16-,17+,18-,19-/m0/s1. The highest BCUT2D eigenvalue weighted by atomic mass is 19.1. The summed E-state index contributed by atoms with van der Waals surface area (Å²) in [6.07, 6.45) is 5.56. The normalized spacial score (nSPS) is 54.3. The van der Waals surface area contributed by atoms with Gasteiger partial charge in [0.1, 0.15) is 6.17 Å². The number of alkyl halides is 1. The highest BCUT2D eigenvalue weighted by Crippen LogP contribution is 2.63. The fourth-order valence-electron chi connectivity index (χ4n) is 6.59. The smallest absolute Gasteiger partial charge is 0.158 e. The molecule has 0 aromatic rings. The minimum atomic E-state index is -0.983. The van der Waals surface area contributed by atoms with Crippen molar-refractivity contribution in [3.05, 3.63) is 11.6 Å². The maximum absolute atomic E-state index is 14.7. The van der Waals surface area contributed by atoms with Gasteiger partial charge in [-0.05, 0) is 67.3 Å². The largest absolute Gasteiger partial charge is 0.393 e. The topological polar surface area (TPSA) is 37.3 Å². The van der Waals surface area contributed by atoms with Gasteiger partial charge < -0.3 is 5.11 Å². The van der Waals surface area contributed by atoms with E-state index >= 15 is 0 Å². The Balaban J connectivity index is 1.71. The fraction of sp³-hybridized carbons (Fsp3) is 0.842. The van der Waals surface area contributed by atoms with Gasteiger partial charge in [0.05, 0.1) is 6.10 Å². The van der Waals surface area contributed by atoms with Crippen molar-refractivity contribution >= 4 is 5.78 Å². The van der Waals surface area contributed by atoms with Gasteiger partial charge in [0.25, 0.3) is 0 Å². The second-order valence-corrected chi connectivity index (χ2v) is 8.60. The molecule has 22 heavy (non-hydrogen) atoms. The van der Waals surface area contributed by atoms with Crippen LogP contribution in [0.25, 0.3) is 0 Å². The first-order valence-electron chi connectivity index (χ1n) is 8.97.